The van der Waals surface area contributed by atoms with Gasteiger partial charge in [-0.3, -0.25) is 0 Å². The SMILES string of the molecule is CCCn1cnc2c(NCc3cccc(OC)c3OC)nc(Cl)nc21. The molecule has 1 N–H and O–H groups in total. The van der Waals surface area contributed by atoms with E-state index in [1.54, 1.807) is 20.5 Å². The first-order valence-corrected chi connectivity index (χ1v) is 8.37. The van der Waals surface area contributed by atoms with Gasteiger partial charge >= 0.3 is 0 Å². The summed E-state index contributed by atoms with van der Waals surface area (Å²) in [6.07, 6.45) is 2.74. The van der Waals surface area contributed by atoms with Crippen LogP contribution in [0.15, 0.2) is 24.5 Å². The van der Waals surface area contributed by atoms with Gasteiger partial charge in [-0.2, -0.15) is 9.97 Å². The predicted octanol–water partition coefficient (Wildman–Crippen LogP) is 3.52. The van der Waals surface area contributed by atoms with Gasteiger partial charge in [0.2, 0.25) is 5.28 Å². The molecule has 0 radical (unpaired) electrons. The molecule has 2 aromatic heterocycles. The molecule has 25 heavy (non-hydrogen) atoms. The van der Waals surface area contributed by atoms with E-state index in [4.69, 9.17) is 21.1 Å². The number of nitrogens with one attached hydrogen (secondary N) is 1. The summed E-state index contributed by atoms with van der Waals surface area (Å²) >= 11 is 6.09. The molecule has 132 valence electrons. The molecule has 0 saturated heterocycles. The number of anilines is 1. The van der Waals surface area contributed by atoms with Crippen LogP contribution >= 0.6 is 11.6 Å². The van der Waals surface area contributed by atoms with Crippen LogP contribution in [-0.2, 0) is 13.1 Å². The fourth-order valence-corrected chi connectivity index (χ4v) is 2.88. The number of aryl methyl sites for hydroxylation is 1. The molecule has 3 rings (SSSR count). The summed E-state index contributed by atoms with van der Waals surface area (Å²) in [5, 5.41) is 3.46. The molecule has 0 fully saturated rings. The quantitative estimate of drug-likeness (QED) is 0.649. The molecule has 0 aliphatic carbocycles. The predicted molar refractivity (Wildman–Crippen MR) is 97.5 cm³/mol. The van der Waals surface area contributed by atoms with Gasteiger partial charge in [-0.25, -0.2) is 4.98 Å². The van der Waals surface area contributed by atoms with Crippen LogP contribution in [0.25, 0.3) is 11.2 Å². The first kappa shape index (κ1) is 17.3. The number of hydrogen-bond donors (Lipinski definition) is 1. The summed E-state index contributed by atoms with van der Waals surface area (Å²) in [6, 6.07) is 5.73. The molecule has 0 atom stereocenters. The van der Waals surface area contributed by atoms with Crippen LogP contribution in [0.2, 0.25) is 5.28 Å². The number of aromatic nitrogens is 4. The standard InChI is InChI=1S/C17H20ClN5O2/c1-4-8-23-10-20-13-15(21-17(18)22-16(13)23)19-9-11-6-5-7-12(24-2)14(11)25-3/h5-7,10H,4,8-9H2,1-3H3,(H,19,21,22). The number of hydrogen-bond acceptors (Lipinski definition) is 6. The normalized spacial score (nSPS) is 10.9. The molecule has 0 saturated carbocycles. The van der Waals surface area contributed by atoms with Crippen LogP contribution in [-0.4, -0.2) is 33.7 Å². The Morgan fingerprint density at radius 3 is 2.76 bits per heavy atom. The Morgan fingerprint density at radius 2 is 2.04 bits per heavy atom. The van der Waals surface area contributed by atoms with Crippen molar-refractivity contribution in [1.82, 2.24) is 19.5 Å². The first-order chi connectivity index (χ1) is 12.2. The van der Waals surface area contributed by atoms with Crippen molar-refractivity contribution in [2.75, 3.05) is 19.5 Å². The lowest BCUT2D eigenvalue weighted by Crippen LogP contribution is -2.06. The molecular weight excluding hydrogens is 342 g/mol. The second-order valence-corrected chi connectivity index (χ2v) is 5.80. The molecule has 3 aromatic rings. The molecule has 0 spiro atoms. The van der Waals surface area contributed by atoms with Gasteiger partial charge < -0.3 is 19.4 Å². The zero-order valence-corrected chi connectivity index (χ0v) is 15.2. The minimum absolute atomic E-state index is 0.186. The van der Waals surface area contributed by atoms with Crippen molar-refractivity contribution in [3.05, 3.63) is 35.4 Å². The van der Waals surface area contributed by atoms with Crippen molar-refractivity contribution in [3.8, 4) is 11.5 Å². The second-order valence-electron chi connectivity index (χ2n) is 5.46. The van der Waals surface area contributed by atoms with Gasteiger partial charge in [0.05, 0.1) is 20.5 Å². The van der Waals surface area contributed by atoms with Crippen LogP contribution in [0.1, 0.15) is 18.9 Å². The van der Waals surface area contributed by atoms with Gasteiger partial charge in [-0.1, -0.05) is 19.1 Å². The lowest BCUT2D eigenvalue weighted by Gasteiger charge is -2.13. The van der Waals surface area contributed by atoms with Crippen molar-refractivity contribution < 1.29 is 9.47 Å². The minimum Gasteiger partial charge on any atom is -0.493 e. The van der Waals surface area contributed by atoms with E-state index in [1.165, 1.54) is 0 Å². The van der Waals surface area contributed by atoms with Crippen molar-refractivity contribution >= 4 is 28.6 Å². The molecule has 0 aliphatic heterocycles. The zero-order chi connectivity index (χ0) is 17.8. The van der Waals surface area contributed by atoms with Gasteiger partial charge in [-0.15, -0.1) is 0 Å². The summed E-state index contributed by atoms with van der Waals surface area (Å²) in [6.45, 7) is 3.42. The Bertz CT molecular complexity index is 881. The Labute approximate surface area is 151 Å². The Balaban J connectivity index is 1.92. The number of para-hydroxylation sites is 1. The summed E-state index contributed by atoms with van der Waals surface area (Å²) in [5.74, 6) is 1.96. The monoisotopic (exact) mass is 361 g/mol. The number of benzene rings is 1. The molecule has 0 unspecified atom stereocenters. The molecule has 2 heterocycles. The van der Waals surface area contributed by atoms with Crippen molar-refractivity contribution in [2.24, 2.45) is 0 Å². The van der Waals surface area contributed by atoms with E-state index in [-0.39, 0.29) is 5.28 Å². The molecule has 7 nitrogen and oxygen atoms in total. The summed E-state index contributed by atoms with van der Waals surface area (Å²) in [4.78, 5) is 13.0. The fourth-order valence-electron chi connectivity index (χ4n) is 2.72. The highest BCUT2D eigenvalue weighted by molar-refractivity contribution is 6.28. The van der Waals surface area contributed by atoms with Crippen molar-refractivity contribution in [2.45, 2.75) is 26.4 Å². The first-order valence-electron chi connectivity index (χ1n) is 8.00. The summed E-state index contributed by atoms with van der Waals surface area (Å²) < 4.78 is 12.8. The number of methoxy groups -OCH3 is 2. The Kier molecular flexibility index (Phi) is 5.23. The number of imidazole rings is 1. The maximum Gasteiger partial charge on any atom is 0.226 e. The van der Waals surface area contributed by atoms with E-state index in [0.717, 1.165) is 24.2 Å². The van der Waals surface area contributed by atoms with Gasteiger partial charge in [0.15, 0.2) is 28.5 Å². The maximum absolute atomic E-state index is 6.09. The average molecular weight is 362 g/mol. The highest BCUT2D eigenvalue weighted by Crippen LogP contribution is 2.31. The Morgan fingerprint density at radius 1 is 1.20 bits per heavy atom. The van der Waals surface area contributed by atoms with E-state index in [9.17, 15) is 0 Å². The molecule has 1 aromatic carbocycles. The number of rotatable bonds is 7. The van der Waals surface area contributed by atoms with Crippen LogP contribution in [0, 0.1) is 0 Å². The summed E-state index contributed by atoms with van der Waals surface area (Å²) in [5.41, 5.74) is 2.36. The number of fused-ring (bicyclic) bond motifs is 1. The summed E-state index contributed by atoms with van der Waals surface area (Å²) in [7, 11) is 3.23. The molecule has 0 aliphatic rings. The van der Waals surface area contributed by atoms with Gasteiger partial charge in [-0.05, 0) is 24.1 Å². The third kappa shape index (κ3) is 3.46. The van der Waals surface area contributed by atoms with E-state index in [2.05, 4.69) is 27.2 Å². The number of nitrogens with zero attached hydrogens (tertiary/aromatic N) is 4. The zero-order valence-electron chi connectivity index (χ0n) is 14.4. The molecule has 8 heteroatoms. The van der Waals surface area contributed by atoms with E-state index in [1.807, 2.05) is 22.8 Å². The van der Waals surface area contributed by atoms with Gasteiger partial charge in [0, 0.05) is 18.7 Å². The lowest BCUT2D eigenvalue weighted by molar-refractivity contribution is 0.352. The highest BCUT2D eigenvalue weighted by Gasteiger charge is 2.14. The topological polar surface area (TPSA) is 74.1 Å². The average Bonchev–Trinajstić information content (AvgIpc) is 3.02. The van der Waals surface area contributed by atoms with Crippen LogP contribution in [0.5, 0.6) is 11.5 Å². The number of halogens is 1. The number of ether oxygens (including phenoxy) is 2. The van der Waals surface area contributed by atoms with E-state index >= 15 is 0 Å². The molecule has 0 amide bonds. The van der Waals surface area contributed by atoms with E-state index < -0.39 is 0 Å². The lowest BCUT2D eigenvalue weighted by atomic mass is 10.2. The highest BCUT2D eigenvalue weighted by atomic mass is 35.5. The third-order valence-corrected chi connectivity index (χ3v) is 4.00. The maximum atomic E-state index is 6.09. The largest absolute Gasteiger partial charge is 0.493 e. The van der Waals surface area contributed by atoms with Gasteiger partial charge in [0.25, 0.3) is 0 Å². The Hall–Kier alpha value is -2.54. The smallest absolute Gasteiger partial charge is 0.226 e. The van der Waals surface area contributed by atoms with Gasteiger partial charge in [0.1, 0.15) is 0 Å². The molecule has 0 bridgehead atoms. The third-order valence-electron chi connectivity index (χ3n) is 3.83. The van der Waals surface area contributed by atoms with Crippen molar-refractivity contribution in [3.63, 3.8) is 0 Å². The van der Waals surface area contributed by atoms with Crippen LogP contribution in [0.4, 0.5) is 5.82 Å². The van der Waals surface area contributed by atoms with Crippen molar-refractivity contribution in [1.29, 1.82) is 0 Å². The van der Waals surface area contributed by atoms with Crippen LogP contribution in [0.3, 0.4) is 0 Å². The van der Waals surface area contributed by atoms with E-state index in [0.29, 0.717) is 29.4 Å². The second kappa shape index (κ2) is 7.57. The fraction of sp³-hybridized carbons (Fsp3) is 0.353. The minimum atomic E-state index is 0.186. The molecular formula is C17H20ClN5O2. The van der Waals surface area contributed by atoms with Crippen LogP contribution < -0.4 is 14.8 Å².